The molecule has 0 aliphatic carbocycles. The van der Waals surface area contributed by atoms with Crippen LogP contribution in [0.5, 0.6) is 0 Å². The molecular formula is C16H10F3N3O2S. The van der Waals surface area contributed by atoms with Crippen molar-refractivity contribution in [3.63, 3.8) is 0 Å². The molecule has 0 radical (unpaired) electrons. The lowest BCUT2D eigenvalue weighted by Gasteiger charge is -2.07. The number of rotatable bonds is 4. The molecule has 0 saturated carbocycles. The minimum absolute atomic E-state index is 0.0497. The molecule has 3 aromatic rings. The quantitative estimate of drug-likeness (QED) is 0.685. The molecule has 25 heavy (non-hydrogen) atoms. The Bertz CT molecular complexity index is 882. The summed E-state index contributed by atoms with van der Waals surface area (Å²) in [5, 5.41) is 9.89. The maximum absolute atomic E-state index is 12.4. The highest BCUT2D eigenvalue weighted by Gasteiger charge is 2.29. The summed E-state index contributed by atoms with van der Waals surface area (Å²) in [6, 6.07) is 14.0. The first-order valence-corrected chi connectivity index (χ1v) is 7.78. The van der Waals surface area contributed by atoms with E-state index in [4.69, 9.17) is 4.42 Å². The topological polar surface area (TPSA) is 68.0 Å². The number of carbonyl (C=O) groups excluding carboxylic acids is 1. The average molecular weight is 365 g/mol. The van der Waals surface area contributed by atoms with Crippen LogP contribution in [0, 0.1) is 0 Å². The summed E-state index contributed by atoms with van der Waals surface area (Å²) in [4.78, 5) is 12.1. The first-order chi connectivity index (χ1) is 11.9. The summed E-state index contributed by atoms with van der Waals surface area (Å²) in [5.41, 5.74) is -3.70. The van der Waals surface area contributed by atoms with Crippen molar-refractivity contribution in [1.29, 1.82) is 0 Å². The highest BCUT2D eigenvalue weighted by atomic mass is 32.2. The SMILES string of the molecule is O=C(Nc1nnc(-c2ccccc2)o1)c1cccc(SC(F)(F)F)c1. The van der Waals surface area contributed by atoms with Crippen molar-refractivity contribution in [3.05, 3.63) is 60.2 Å². The summed E-state index contributed by atoms with van der Waals surface area (Å²) < 4.78 is 42.6. The highest BCUT2D eigenvalue weighted by molar-refractivity contribution is 8.00. The van der Waals surface area contributed by atoms with Gasteiger partial charge in [-0.1, -0.05) is 29.4 Å². The van der Waals surface area contributed by atoms with Crippen LogP contribution in [-0.4, -0.2) is 21.6 Å². The largest absolute Gasteiger partial charge is 0.446 e. The number of halogens is 3. The molecule has 0 fully saturated rings. The number of nitrogens with zero attached hydrogens (tertiary/aromatic N) is 2. The van der Waals surface area contributed by atoms with Crippen molar-refractivity contribution in [2.24, 2.45) is 0 Å². The summed E-state index contributed by atoms with van der Waals surface area (Å²) in [6.07, 6.45) is 0. The summed E-state index contributed by atoms with van der Waals surface area (Å²) >= 11 is -0.291. The van der Waals surface area contributed by atoms with Gasteiger partial charge < -0.3 is 4.42 Å². The monoisotopic (exact) mass is 365 g/mol. The van der Waals surface area contributed by atoms with Gasteiger partial charge in [0.05, 0.1) is 0 Å². The molecular weight excluding hydrogens is 355 g/mol. The molecule has 0 spiro atoms. The molecule has 128 valence electrons. The average Bonchev–Trinajstić information content (AvgIpc) is 3.03. The molecule has 3 rings (SSSR count). The van der Waals surface area contributed by atoms with Crippen molar-refractivity contribution < 1.29 is 22.4 Å². The van der Waals surface area contributed by atoms with E-state index >= 15 is 0 Å². The van der Waals surface area contributed by atoms with Crippen LogP contribution in [0.15, 0.2) is 63.9 Å². The van der Waals surface area contributed by atoms with Crippen LogP contribution in [0.25, 0.3) is 11.5 Å². The second kappa shape index (κ2) is 6.98. The van der Waals surface area contributed by atoms with E-state index in [1.807, 2.05) is 6.07 Å². The van der Waals surface area contributed by atoms with Gasteiger partial charge in [-0.2, -0.15) is 13.2 Å². The summed E-state index contributed by atoms with van der Waals surface area (Å²) in [7, 11) is 0. The zero-order valence-corrected chi connectivity index (χ0v) is 13.3. The van der Waals surface area contributed by atoms with Gasteiger partial charge in [-0.15, -0.1) is 5.10 Å². The third-order valence-corrected chi connectivity index (χ3v) is 3.72. The number of alkyl halides is 3. The second-order valence-corrected chi connectivity index (χ2v) is 5.95. The Morgan fingerprint density at radius 1 is 1.04 bits per heavy atom. The molecule has 0 saturated heterocycles. The van der Waals surface area contributed by atoms with E-state index in [2.05, 4.69) is 15.5 Å². The Hall–Kier alpha value is -2.81. The Morgan fingerprint density at radius 3 is 2.52 bits per heavy atom. The number of carbonyl (C=O) groups is 1. The number of nitrogens with one attached hydrogen (secondary N) is 1. The number of benzene rings is 2. The minimum Gasteiger partial charge on any atom is -0.403 e. The molecule has 0 aliphatic heterocycles. The van der Waals surface area contributed by atoms with Crippen LogP contribution in [0.3, 0.4) is 0 Å². The third kappa shape index (κ3) is 4.60. The third-order valence-electron chi connectivity index (χ3n) is 3.00. The normalized spacial score (nSPS) is 11.3. The fraction of sp³-hybridized carbons (Fsp3) is 0.0625. The number of thioether (sulfide) groups is 1. The van der Waals surface area contributed by atoms with Gasteiger partial charge >= 0.3 is 11.5 Å². The van der Waals surface area contributed by atoms with Crippen molar-refractivity contribution in [1.82, 2.24) is 10.2 Å². The van der Waals surface area contributed by atoms with E-state index in [-0.39, 0.29) is 34.1 Å². The maximum atomic E-state index is 12.4. The van der Waals surface area contributed by atoms with E-state index in [1.165, 1.54) is 18.2 Å². The summed E-state index contributed by atoms with van der Waals surface area (Å²) in [5.74, 6) is -0.426. The smallest absolute Gasteiger partial charge is 0.403 e. The van der Waals surface area contributed by atoms with Gasteiger partial charge in [-0.25, -0.2) is 0 Å². The van der Waals surface area contributed by atoms with E-state index in [9.17, 15) is 18.0 Å². The molecule has 1 amide bonds. The second-order valence-electron chi connectivity index (χ2n) is 4.81. The fourth-order valence-electron chi connectivity index (χ4n) is 1.97. The molecule has 0 aliphatic rings. The van der Waals surface area contributed by atoms with Gasteiger partial charge in [-0.3, -0.25) is 10.1 Å². The molecule has 5 nitrogen and oxygen atoms in total. The number of hydrogen-bond donors (Lipinski definition) is 1. The van der Waals surface area contributed by atoms with E-state index in [0.717, 1.165) is 6.07 Å². The van der Waals surface area contributed by atoms with Crippen molar-refractivity contribution >= 4 is 23.7 Å². The zero-order valence-electron chi connectivity index (χ0n) is 12.4. The van der Waals surface area contributed by atoms with Crippen molar-refractivity contribution in [2.75, 3.05) is 5.32 Å². The first kappa shape index (κ1) is 17.0. The molecule has 0 atom stereocenters. The highest BCUT2D eigenvalue weighted by Crippen LogP contribution is 2.37. The van der Waals surface area contributed by atoms with Crippen LogP contribution in [-0.2, 0) is 0 Å². The molecule has 0 bridgehead atoms. The van der Waals surface area contributed by atoms with Gasteiger partial charge in [0.2, 0.25) is 5.89 Å². The maximum Gasteiger partial charge on any atom is 0.446 e. The number of aromatic nitrogens is 2. The van der Waals surface area contributed by atoms with Crippen molar-refractivity contribution in [2.45, 2.75) is 10.4 Å². The Morgan fingerprint density at radius 2 is 1.80 bits per heavy atom. The fourth-order valence-corrected chi connectivity index (χ4v) is 2.57. The van der Waals surface area contributed by atoms with Crippen LogP contribution in [0.2, 0.25) is 0 Å². The van der Waals surface area contributed by atoms with Crippen LogP contribution in [0.1, 0.15) is 10.4 Å². The Kier molecular flexibility index (Phi) is 4.75. The predicted molar refractivity (Wildman–Crippen MR) is 86.0 cm³/mol. The van der Waals surface area contributed by atoms with Gasteiger partial charge in [0, 0.05) is 16.0 Å². The Balaban J connectivity index is 1.73. The molecule has 1 N–H and O–H groups in total. The van der Waals surface area contributed by atoms with Crippen molar-refractivity contribution in [3.8, 4) is 11.5 Å². The Labute approximate surface area is 144 Å². The summed E-state index contributed by atoms with van der Waals surface area (Å²) in [6.45, 7) is 0. The minimum atomic E-state index is -4.42. The first-order valence-electron chi connectivity index (χ1n) is 6.97. The van der Waals surface area contributed by atoms with E-state index < -0.39 is 11.4 Å². The van der Waals surface area contributed by atoms with Crippen LogP contribution >= 0.6 is 11.8 Å². The van der Waals surface area contributed by atoms with E-state index in [0.29, 0.717) is 5.56 Å². The molecule has 1 aromatic heterocycles. The van der Waals surface area contributed by atoms with Gasteiger partial charge in [0.1, 0.15) is 0 Å². The predicted octanol–water partition coefficient (Wildman–Crippen LogP) is 4.60. The van der Waals surface area contributed by atoms with Crippen LogP contribution < -0.4 is 5.32 Å². The number of amides is 1. The van der Waals surface area contributed by atoms with Gasteiger partial charge in [-0.05, 0) is 42.1 Å². The molecule has 2 aromatic carbocycles. The number of anilines is 1. The molecule has 9 heteroatoms. The standard InChI is InChI=1S/C16H10F3N3O2S/c17-16(18,19)25-12-8-4-7-11(9-12)13(23)20-15-22-21-14(24-15)10-5-2-1-3-6-10/h1-9H,(H,20,22,23). The number of hydrogen-bond acceptors (Lipinski definition) is 5. The van der Waals surface area contributed by atoms with Gasteiger partial charge in [0.25, 0.3) is 5.91 Å². The van der Waals surface area contributed by atoms with Gasteiger partial charge in [0.15, 0.2) is 0 Å². The van der Waals surface area contributed by atoms with Crippen LogP contribution in [0.4, 0.5) is 19.2 Å². The lowest BCUT2D eigenvalue weighted by molar-refractivity contribution is -0.0328. The zero-order chi connectivity index (χ0) is 17.9. The molecule has 1 heterocycles. The molecule has 0 unspecified atom stereocenters. The lowest BCUT2D eigenvalue weighted by Crippen LogP contribution is -2.12. The van der Waals surface area contributed by atoms with E-state index in [1.54, 1.807) is 24.3 Å². The lowest BCUT2D eigenvalue weighted by atomic mass is 10.2.